The molecule has 1 amide bonds. The van der Waals surface area contributed by atoms with Crippen LogP contribution >= 0.6 is 23.2 Å². The summed E-state index contributed by atoms with van der Waals surface area (Å²) in [5.74, 6) is -1.47. The number of rotatable bonds is 6. The van der Waals surface area contributed by atoms with Crippen LogP contribution in [0.5, 0.6) is 0 Å². The van der Waals surface area contributed by atoms with Crippen molar-refractivity contribution < 1.29 is 18.0 Å². The Labute approximate surface area is 174 Å². The Morgan fingerprint density at radius 3 is 2.72 bits per heavy atom. The zero-order chi connectivity index (χ0) is 21.0. The van der Waals surface area contributed by atoms with E-state index in [0.717, 1.165) is 12.1 Å². The molecule has 148 valence electrons. The van der Waals surface area contributed by atoms with Crippen LogP contribution in [0.2, 0.25) is 10.0 Å². The van der Waals surface area contributed by atoms with Gasteiger partial charge in [-0.15, -0.1) is 0 Å². The van der Waals surface area contributed by atoms with Gasteiger partial charge in [0.05, 0.1) is 17.3 Å². The number of nitriles is 1. The van der Waals surface area contributed by atoms with E-state index in [4.69, 9.17) is 27.6 Å². The Morgan fingerprint density at radius 2 is 2.03 bits per heavy atom. The molecule has 5 nitrogen and oxygen atoms in total. The molecular formula is C20H13Cl2F2N3O2. The third-order valence-electron chi connectivity index (χ3n) is 4.02. The average molecular weight is 436 g/mol. The number of oxazole rings is 1. The zero-order valence-electron chi connectivity index (χ0n) is 14.8. The Morgan fingerprint density at radius 1 is 1.24 bits per heavy atom. The van der Waals surface area contributed by atoms with Gasteiger partial charge >= 0.3 is 0 Å². The minimum Gasteiger partial charge on any atom is -0.441 e. The molecule has 1 atom stereocenters. The maximum Gasteiger partial charge on any atom is 0.221 e. The lowest BCUT2D eigenvalue weighted by molar-refractivity contribution is -0.121. The summed E-state index contributed by atoms with van der Waals surface area (Å²) in [5.41, 5.74) is 0.494. The Kier molecular flexibility index (Phi) is 6.47. The van der Waals surface area contributed by atoms with Crippen LogP contribution in [-0.2, 0) is 11.2 Å². The first-order chi connectivity index (χ1) is 13.9. The summed E-state index contributed by atoms with van der Waals surface area (Å²) in [5, 5.41) is 12.5. The standard InChI is InChI=1S/C20H13Cl2F2N3O2/c21-11-1-3-13(15(22)7-11)18-10-26-20(29-18)6-5-19(28)27-17(9-25)14-4-2-12(23)8-16(14)24/h1-4,7-8,10,17H,5-6H2,(H,27,28). The molecule has 2 aromatic carbocycles. The first-order valence-electron chi connectivity index (χ1n) is 8.41. The normalized spacial score (nSPS) is 11.7. The number of aryl methyl sites for hydroxylation is 1. The first kappa shape index (κ1) is 20.8. The molecule has 1 N–H and O–H groups in total. The number of nitrogens with zero attached hydrogens (tertiary/aromatic N) is 2. The highest BCUT2D eigenvalue weighted by molar-refractivity contribution is 6.36. The molecular weight excluding hydrogens is 423 g/mol. The number of halogens is 4. The van der Waals surface area contributed by atoms with Gasteiger partial charge in [-0.3, -0.25) is 4.79 Å². The Bertz CT molecular complexity index is 1100. The average Bonchev–Trinajstić information content (AvgIpc) is 3.13. The molecule has 0 saturated carbocycles. The van der Waals surface area contributed by atoms with Crippen LogP contribution in [0.1, 0.15) is 23.9 Å². The lowest BCUT2D eigenvalue weighted by Gasteiger charge is -2.12. The van der Waals surface area contributed by atoms with Crippen LogP contribution in [0, 0.1) is 23.0 Å². The molecule has 1 unspecified atom stereocenters. The third-order valence-corrected chi connectivity index (χ3v) is 4.57. The maximum atomic E-state index is 13.8. The molecule has 29 heavy (non-hydrogen) atoms. The van der Waals surface area contributed by atoms with Gasteiger partial charge in [0, 0.05) is 35.1 Å². The summed E-state index contributed by atoms with van der Waals surface area (Å²) in [6.07, 6.45) is 1.59. The molecule has 1 aromatic heterocycles. The number of nitrogens with one attached hydrogen (secondary N) is 1. The number of aromatic nitrogens is 1. The lowest BCUT2D eigenvalue weighted by atomic mass is 10.1. The molecule has 9 heteroatoms. The van der Waals surface area contributed by atoms with Crippen LogP contribution in [0.3, 0.4) is 0 Å². The lowest BCUT2D eigenvalue weighted by Crippen LogP contribution is -2.28. The molecule has 0 fully saturated rings. The molecule has 0 spiro atoms. The maximum absolute atomic E-state index is 13.8. The second-order valence-corrected chi connectivity index (χ2v) is 6.88. The van der Waals surface area contributed by atoms with E-state index in [-0.39, 0.29) is 18.4 Å². The fourth-order valence-electron chi connectivity index (χ4n) is 2.61. The minimum absolute atomic E-state index is 0.0463. The molecule has 0 saturated heterocycles. The highest BCUT2D eigenvalue weighted by Crippen LogP contribution is 2.30. The van der Waals surface area contributed by atoms with E-state index < -0.39 is 23.6 Å². The summed E-state index contributed by atoms with van der Waals surface area (Å²) in [6, 6.07) is 8.27. The molecule has 0 aliphatic heterocycles. The molecule has 0 aliphatic rings. The zero-order valence-corrected chi connectivity index (χ0v) is 16.3. The van der Waals surface area contributed by atoms with Gasteiger partial charge in [-0.25, -0.2) is 13.8 Å². The summed E-state index contributed by atoms with van der Waals surface area (Å²) in [7, 11) is 0. The third kappa shape index (κ3) is 5.11. The summed E-state index contributed by atoms with van der Waals surface area (Å²) >= 11 is 12.0. The van der Waals surface area contributed by atoms with Crippen LogP contribution in [0.25, 0.3) is 11.3 Å². The van der Waals surface area contributed by atoms with Crippen molar-refractivity contribution in [3.05, 3.63) is 75.7 Å². The summed E-state index contributed by atoms with van der Waals surface area (Å²) in [6.45, 7) is 0. The smallest absolute Gasteiger partial charge is 0.221 e. The van der Waals surface area contributed by atoms with Gasteiger partial charge in [-0.2, -0.15) is 5.26 Å². The van der Waals surface area contributed by atoms with Crippen LogP contribution in [0.15, 0.2) is 47.0 Å². The van der Waals surface area contributed by atoms with E-state index in [0.29, 0.717) is 33.3 Å². The topological polar surface area (TPSA) is 78.9 Å². The SMILES string of the molecule is N#CC(NC(=O)CCc1ncc(-c2ccc(Cl)cc2Cl)o1)c1ccc(F)cc1F. The van der Waals surface area contributed by atoms with E-state index in [1.807, 2.05) is 0 Å². The second kappa shape index (κ2) is 9.03. The van der Waals surface area contributed by atoms with E-state index in [2.05, 4.69) is 10.3 Å². The quantitative estimate of drug-likeness (QED) is 0.573. The minimum atomic E-state index is -1.24. The van der Waals surface area contributed by atoms with Crippen molar-refractivity contribution in [2.75, 3.05) is 0 Å². The van der Waals surface area contributed by atoms with Crippen LogP contribution < -0.4 is 5.32 Å². The molecule has 0 bridgehead atoms. The first-order valence-corrected chi connectivity index (χ1v) is 9.17. The van der Waals surface area contributed by atoms with Crippen molar-refractivity contribution >= 4 is 29.1 Å². The predicted molar refractivity (Wildman–Crippen MR) is 103 cm³/mol. The van der Waals surface area contributed by atoms with Crippen molar-refractivity contribution in [1.82, 2.24) is 10.3 Å². The molecule has 0 aliphatic carbocycles. The fourth-order valence-corrected chi connectivity index (χ4v) is 3.11. The van der Waals surface area contributed by atoms with Gasteiger partial charge in [0.1, 0.15) is 17.7 Å². The number of hydrogen-bond donors (Lipinski definition) is 1. The Hall–Kier alpha value is -2.95. The molecule has 3 rings (SSSR count). The number of amides is 1. The molecule has 0 radical (unpaired) electrons. The van der Waals surface area contributed by atoms with E-state index in [1.165, 1.54) is 6.20 Å². The number of benzene rings is 2. The molecule has 3 aromatic rings. The van der Waals surface area contributed by atoms with Gasteiger partial charge < -0.3 is 9.73 Å². The van der Waals surface area contributed by atoms with Gasteiger partial charge in [0.15, 0.2) is 11.7 Å². The monoisotopic (exact) mass is 435 g/mol. The van der Waals surface area contributed by atoms with Gasteiger partial charge in [-0.05, 0) is 24.3 Å². The van der Waals surface area contributed by atoms with Crippen molar-refractivity contribution in [1.29, 1.82) is 5.26 Å². The van der Waals surface area contributed by atoms with Crippen molar-refractivity contribution in [2.45, 2.75) is 18.9 Å². The highest BCUT2D eigenvalue weighted by Gasteiger charge is 2.19. The largest absolute Gasteiger partial charge is 0.441 e. The number of carbonyl (C=O) groups excluding carboxylic acids is 1. The van der Waals surface area contributed by atoms with Crippen molar-refractivity contribution in [3.8, 4) is 17.4 Å². The van der Waals surface area contributed by atoms with E-state index in [1.54, 1.807) is 24.3 Å². The van der Waals surface area contributed by atoms with Crippen molar-refractivity contribution in [3.63, 3.8) is 0 Å². The number of carbonyl (C=O) groups is 1. The van der Waals surface area contributed by atoms with Gasteiger partial charge in [0.25, 0.3) is 0 Å². The van der Waals surface area contributed by atoms with Gasteiger partial charge in [0.2, 0.25) is 5.91 Å². The van der Waals surface area contributed by atoms with Crippen LogP contribution in [0.4, 0.5) is 8.78 Å². The van der Waals surface area contributed by atoms with E-state index >= 15 is 0 Å². The molecule has 1 heterocycles. The Balaban J connectivity index is 1.62. The predicted octanol–water partition coefficient (Wildman–Crippen LogP) is 5.24. The highest BCUT2D eigenvalue weighted by atomic mass is 35.5. The van der Waals surface area contributed by atoms with Gasteiger partial charge in [-0.1, -0.05) is 29.3 Å². The van der Waals surface area contributed by atoms with Crippen molar-refractivity contribution in [2.24, 2.45) is 0 Å². The van der Waals surface area contributed by atoms with E-state index in [9.17, 15) is 18.8 Å². The fraction of sp³-hybridized carbons (Fsp3) is 0.150. The summed E-state index contributed by atoms with van der Waals surface area (Å²) < 4.78 is 32.4. The second-order valence-electron chi connectivity index (χ2n) is 6.04. The van der Waals surface area contributed by atoms with Crippen LogP contribution in [-0.4, -0.2) is 10.9 Å². The number of hydrogen-bond acceptors (Lipinski definition) is 4. The summed E-state index contributed by atoms with van der Waals surface area (Å²) in [4.78, 5) is 16.2.